The third kappa shape index (κ3) is 3.77. The lowest BCUT2D eigenvalue weighted by Gasteiger charge is -2.42. The van der Waals surface area contributed by atoms with E-state index >= 15 is 0 Å². The number of nitrogen functional groups attached to an aromatic ring is 1. The molecule has 0 unspecified atom stereocenters. The van der Waals surface area contributed by atoms with Gasteiger partial charge in [0.1, 0.15) is 11.9 Å². The van der Waals surface area contributed by atoms with Crippen LogP contribution in [-0.4, -0.2) is 37.8 Å². The second kappa shape index (κ2) is 7.39. The van der Waals surface area contributed by atoms with Crippen LogP contribution in [0.25, 0.3) is 0 Å². The summed E-state index contributed by atoms with van der Waals surface area (Å²) in [5, 5.41) is 11.2. The van der Waals surface area contributed by atoms with Gasteiger partial charge in [-0.2, -0.15) is 0 Å². The summed E-state index contributed by atoms with van der Waals surface area (Å²) in [5.74, 6) is -2.33. The number of ether oxygens (including phenoxy) is 1. The molecule has 0 aliphatic carbocycles. The number of carboxylic acid groups (broad SMARTS) is 1. The second-order valence-electron chi connectivity index (χ2n) is 6.67. The minimum absolute atomic E-state index is 0.112. The van der Waals surface area contributed by atoms with Crippen molar-refractivity contribution in [2.75, 3.05) is 10.0 Å². The molecule has 8 nitrogen and oxygen atoms in total. The molecule has 0 saturated heterocycles. The number of hydrogen-bond acceptors (Lipinski definition) is 5. The molecule has 1 amide bonds. The van der Waals surface area contributed by atoms with Crippen molar-refractivity contribution < 1.29 is 31.8 Å². The number of fused-ring (bicyclic) bond motifs is 1. The maximum atomic E-state index is 13.7. The summed E-state index contributed by atoms with van der Waals surface area (Å²) in [7, 11) is -4.36. The lowest BCUT2D eigenvalue weighted by Crippen LogP contribution is -2.58. The lowest BCUT2D eigenvalue weighted by molar-refractivity contribution is 0.122. The van der Waals surface area contributed by atoms with Gasteiger partial charge in [-0.05, 0) is 50.2 Å². The Morgan fingerprint density at radius 3 is 2.55 bits per heavy atom. The molecular weight excluding hydrogens is 408 g/mol. The number of hydrogen-bond donors (Lipinski definition) is 3. The summed E-state index contributed by atoms with van der Waals surface area (Å²) < 4.78 is 60.5. The van der Waals surface area contributed by atoms with Crippen molar-refractivity contribution in [2.24, 2.45) is 0 Å². The Bertz CT molecular complexity index is 1060. The molecule has 0 fully saturated rings. The van der Waals surface area contributed by atoms with Crippen LogP contribution in [0.15, 0.2) is 41.3 Å². The number of halogens is 2. The number of nitrogens with zero attached hydrogens (tertiary/aromatic N) is 1. The van der Waals surface area contributed by atoms with Crippen LogP contribution in [0.5, 0.6) is 5.75 Å². The van der Waals surface area contributed by atoms with Gasteiger partial charge in [-0.25, -0.2) is 22.0 Å². The van der Waals surface area contributed by atoms with Crippen LogP contribution in [0.4, 0.5) is 25.0 Å². The number of rotatable bonds is 4. The summed E-state index contributed by atoms with van der Waals surface area (Å²) in [6.07, 6.45) is -2.20. The molecule has 3 rings (SSSR count). The molecular formula is C18H19F2N3O5S. The third-order valence-corrected chi connectivity index (χ3v) is 6.52. The van der Waals surface area contributed by atoms with E-state index in [2.05, 4.69) is 5.32 Å². The molecule has 3 atom stereocenters. The van der Waals surface area contributed by atoms with Crippen LogP contribution in [0.1, 0.15) is 13.8 Å². The molecule has 0 spiro atoms. The van der Waals surface area contributed by atoms with Gasteiger partial charge in [-0.1, -0.05) is 0 Å². The highest BCUT2D eigenvalue weighted by Gasteiger charge is 2.43. The predicted octanol–water partition coefficient (Wildman–Crippen LogP) is 2.55. The number of anilines is 2. The number of sulfonamides is 1. The molecule has 1 heterocycles. The van der Waals surface area contributed by atoms with Gasteiger partial charge in [0.25, 0.3) is 10.0 Å². The third-order valence-electron chi connectivity index (χ3n) is 4.62. The SMILES string of the molecule is C[C@H](NC(=O)O)[C@@H]1Oc2ccc(N)cc2N(S(=O)(=O)c2ccc(F)c(F)c2)[C@@H]1C. The first-order valence-electron chi connectivity index (χ1n) is 8.57. The van der Waals surface area contributed by atoms with E-state index in [1.807, 2.05) is 0 Å². The minimum atomic E-state index is -4.36. The van der Waals surface area contributed by atoms with Crippen LogP contribution >= 0.6 is 0 Å². The molecule has 2 aromatic rings. The van der Waals surface area contributed by atoms with E-state index in [0.29, 0.717) is 6.07 Å². The topological polar surface area (TPSA) is 122 Å². The Labute approximate surface area is 165 Å². The van der Waals surface area contributed by atoms with Gasteiger partial charge in [0.05, 0.1) is 22.7 Å². The molecule has 2 aromatic carbocycles. The largest absolute Gasteiger partial charge is 0.484 e. The number of nitrogens with two attached hydrogens (primary N) is 1. The Hall–Kier alpha value is -3.08. The first-order chi connectivity index (χ1) is 13.5. The predicted molar refractivity (Wildman–Crippen MR) is 101 cm³/mol. The van der Waals surface area contributed by atoms with Crippen LogP contribution in [-0.2, 0) is 10.0 Å². The van der Waals surface area contributed by atoms with Crippen LogP contribution in [0.3, 0.4) is 0 Å². The molecule has 29 heavy (non-hydrogen) atoms. The first kappa shape index (κ1) is 20.6. The Morgan fingerprint density at radius 1 is 1.24 bits per heavy atom. The van der Waals surface area contributed by atoms with Gasteiger partial charge in [0, 0.05) is 5.69 Å². The quantitative estimate of drug-likeness (QED) is 0.645. The summed E-state index contributed by atoms with van der Waals surface area (Å²) in [4.78, 5) is 10.6. The highest BCUT2D eigenvalue weighted by atomic mass is 32.2. The van der Waals surface area contributed by atoms with Crippen molar-refractivity contribution in [3.63, 3.8) is 0 Å². The molecule has 0 aromatic heterocycles. The Balaban J connectivity index is 2.14. The van der Waals surface area contributed by atoms with Crippen LogP contribution in [0, 0.1) is 11.6 Å². The second-order valence-corrected chi connectivity index (χ2v) is 8.48. The molecule has 1 aliphatic heterocycles. The van der Waals surface area contributed by atoms with Crippen molar-refractivity contribution in [3.05, 3.63) is 48.0 Å². The Morgan fingerprint density at radius 2 is 1.93 bits per heavy atom. The smallest absolute Gasteiger partial charge is 0.405 e. The zero-order chi connectivity index (χ0) is 21.5. The van der Waals surface area contributed by atoms with Crippen molar-refractivity contribution in [1.82, 2.24) is 5.32 Å². The summed E-state index contributed by atoms with van der Waals surface area (Å²) >= 11 is 0. The molecule has 1 aliphatic rings. The van der Waals surface area contributed by atoms with E-state index in [1.54, 1.807) is 0 Å². The fourth-order valence-corrected chi connectivity index (χ4v) is 4.98. The highest BCUT2D eigenvalue weighted by molar-refractivity contribution is 7.92. The van der Waals surface area contributed by atoms with Crippen molar-refractivity contribution in [2.45, 2.75) is 36.9 Å². The maximum Gasteiger partial charge on any atom is 0.405 e. The van der Waals surface area contributed by atoms with E-state index in [-0.39, 0.29) is 17.1 Å². The molecule has 4 N–H and O–H groups in total. The fourth-order valence-electron chi connectivity index (χ4n) is 3.30. The van der Waals surface area contributed by atoms with E-state index < -0.39 is 50.8 Å². The fraction of sp³-hybridized carbons (Fsp3) is 0.278. The monoisotopic (exact) mass is 427 g/mol. The normalized spacial score (nSPS) is 19.8. The molecule has 0 radical (unpaired) electrons. The van der Waals surface area contributed by atoms with Gasteiger partial charge in [-0.15, -0.1) is 0 Å². The molecule has 0 bridgehead atoms. The number of amides is 1. The number of benzene rings is 2. The Kier molecular flexibility index (Phi) is 5.26. The summed E-state index contributed by atoms with van der Waals surface area (Å²) in [5.41, 5.74) is 6.18. The number of carbonyl (C=O) groups is 1. The average molecular weight is 427 g/mol. The van der Waals surface area contributed by atoms with E-state index in [4.69, 9.17) is 15.6 Å². The molecule has 0 saturated carbocycles. The maximum absolute atomic E-state index is 13.7. The van der Waals surface area contributed by atoms with Crippen molar-refractivity contribution in [1.29, 1.82) is 0 Å². The van der Waals surface area contributed by atoms with Crippen molar-refractivity contribution in [3.8, 4) is 5.75 Å². The van der Waals surface area contributed by atoms with E-state index in [1.165, 1.54) is 32.0 Å². The summed E-state index contributed by atoms with van der Waals surface area (Å²) in [6, 6.07) is 4.94. The van der Waals surface area contributed by atoms with Crippen molar-refractivity contribution >= 4 is 27.5 Å². The van der Waals surface area contributed by atoms with Gasteiger partial charge in [-0.3, -0.25) is 4.31 Å². The average Bonchev–Trinajstić information content (AvgIpc) is 2.62. The van der Waals surface area contributed by atoms with Gasteiger partial charge >= 0.3 is 6.09 Å². The van der Waals surface area contributed by atoms with Gasteiger partial charge < -0.3 is 20.9 Å². The van der Waals surface area contributed by atoms with Crippen LogP contribution in [0.2, 0.25) is 0 Å². The van der Waals surface area contributed by atoms with E-state index in [0.717, 1.165) is 16.4 Å². The minimum Gasteiger partial charge on any atom is -0.484 e. The molecule has 11 heteroatoms. The lowest BCUT2D eigenvalue weighted by atomic mass is 10.0. The highest BCUT2D eigenvalue weighted by Crippen LogP contribution is 2.41. The zero-order valence-electron chi connectivity index (χ0n) is 15.5. The number of nitrogens with one attached hydrogen (secondary N) is 1. The van der Waals surface area contributed by atoms with E-state index in [9.17, 15) is 22.0 Å². The van der Waals surface area contributed by atoms with Gasteiger partial charge in [0.2, 0.25) is 0 Å². The standard InChI is InChI=1S/C18H19F2N3O5S/c1-9(22-18(24)25)17-10(2)23(15-7-11(21)3-6-16(15)28-17)29(26,27)12-4-5-13(19)14(20)8-12/h3-10,17,22H,21H2,1-2H3,(H,24,25)/t9-,10+,17-/m0/s1. The molecule has 156 valence electrons. The van der Waals surface area contributed by atoms with Crippen LogP contribution < -0.4 is 20.1 Å². The zero-order valence-corrected chi connectivity index (χ0v) is 16.3. The first-order valence-corrected chi connectivity index (χ1v) is 10.0. The van der Waals surface area contributed by atoms with Gasteiger partial charge in [0.15, 0.2) is 11.6 Å². The summed E-state index contributed by atoms with van der Waals surface area (Å²) in [6.45, 7) is 3.05.